The van der Waals surface area contributed by atoms with Crippen LogP contribution in [-0.4, -0.2) is 36.3 Å². The van der Waals surface area contributed by atoms with E-state index in [1.165, 1.54) is 0 Å². The highest BCUT2D eigenvalue weighted by atomic mass is 16.5. The van der Waals surface area contributed by atoms with Crippen LogP contribution in [0.4, 0.5) is 5.69 Å². The number of hydrogen-bond acceptors (Lipinski definition) is 4. The van der Waals surface area contributed by atoms with Crippen molar-refractivity contribution >= 4 is 17.6 Å². The number of ether oxygens (including phenoxy) is 2. The first-order valence-electron chi connectivity index (χ1n) is 6.91. The predicted octanol–water partition coefficient (Wildman–Crippen LogP) is 1.90. The lowest BCUT2D eigenvalue weighted by atomic mass is 9.95. The van der Waals surface area contributed by atoms with Crippen molar-refractivity contribution in [3.8, 4) is 5.75 Å². The number of carbonyl (C=O) groups is 2. The van der Waals surface area contributed by atoms with E-state index < -0.39 is 12.6 Å². The summed E-state index contributed by atoms with van der Waals surface area (Å²) in [6, 6.07) is 6.71. The number of anilines is 1. The van der Waals surface area contributed by atoms with Gasteiger partial charge >= 0.3 is 5.97 Å². The first kappa shape index (κ1) is 15.3. The number of aliphatic carboxylic acids is 1. The second kappa shape index (κ2) is 7.08. The van der Waals surface area contributed by atoms with E-state index in [4.69, 9.17) is 14.6 Å². The first-order valence-corrected chi connectivity index (χ1v) is 6.91. The topological polar surface area (TPSA) is 84.9 Å². The van der Waals surface area contributed by atoms with E-state index in [1.54, 1.807) is 24.3 Å². The highest BCUT2D eigenvalue weighted by Crippen LogP contribution is 2.23. The molecule has 1 heterocycles. The van der Waals surface area contributed by atoms with Crippen molar-refractivity contribution < 1.29 is 24.2 Å². The van der Waals surface area contributed by atoms with Gasteiger partial charge in [0.15, 0.2) is 6.61 Å². The Bertz CT molecular complexity index is 517. The number of rotatable bonds is 5. The minimum absolute atomic E-state index is 0.0412. The Morgan fingerprint density at radius 2 is 2.29 bits per heavy atom. The summed E-state index contributed by atoms with van der Waals surface area (Å²) in [4.78, 5) is 22.7. The third-order valence-corrected chi connectivity index (χ3v) is 3.32. The highest BCUT2D eigenvalue weighted by molar-refractivity contribution is 5.92. The Morgan fingerprint density at radius 3 is 3.00 bits per heavy atom. The van der Waals surface area contributed by atoms with E-state index in [1.807, 2.05) is 6.92 Å². The Hall–Kier alpha value is -2.08. The summed E-state index contributed by atoms with van der Waals surface area (Å²) in [6.07, 6.45) is 1.52. The van der Waals surface area contributed by atoms with Gasteiger partial charge in [-0.25, -0.2) is 4.79 Å². The van der Waals surface area contributed by atoms with Crippen LogP contribution >= 0.6 is 0 Å². The number of carboxylic acid groups (broad SMARTS) is 1. The van der Waals surface area contributed by atoms with Crippen molar-refractivity contribution in [1.82, 2.24) is 0 Å². The lowest BCUT2D eigenvalue weighted by molar-refractivity contribution is -0.139. The minimum Gasteiger partial charge on any atom is -0.482 e. The van der Waals surface area contributed by atoms with Crippen LogP contribution in [0.1, 0.15) is 19.8 Å². The maximum absolute atomic E-state index is 12.2. The molecular formula is C15H19NO5. The van der Waals surface area contributed by atoms with Crippen molar-refractivity contribution in [1.29, 1.82) is 0 Å². The van der Waals surface area contributed by atoms with E-state index in [9.17, 15) is 9.59 Å². The zero-order valence-electron chi connectivity index (χ0n) is 11.9. The summed E-state index contributed by atoms with van der Waals surface area (Å²) in [5.74, 6) is -0.728. The fourth-order valence-corrected chi connectivity index (χ4v) is 2.29. The lowest BCUT2D eigenvalue weighted by Gasteiger charge is -2.26. The van der Waals surface area contributed by atoms with E-state index in [2.05, 4.69) is 5.32 Å². The van der Waals surface area contributed by atoms with Gasteiger partial charge in [-0.05, 0) is 31.9 Å². The fraction of sp³-hybridized carbons (Fsp3) is 0.467. The maximum Gasteiger partial charge on any atom is 0.341 e. The minimum atomic E-state index is -1.04. The number of benzene rings is 1. The molecule has 1 saturated heterocycles. The molecule has 6 heteroatoms. The van der Waals surface area contributed by atoms with Crippen LogP contribution in [0.25, 0.3) is 0 Å². The molecule has 0 spiro atoms. The van der Waals surface area contributed by atoms with Crippen molar-refractivity contribution in [2.24, 2.45) is 5.92 Å². The second-order valence-electron chi connectivity index (χ2n) is 5.10. The summed E-state index contributed by atoms with van der Waals surface area (Å²) >= 11 is 0. The molecule has 0 radical (unpaired) electrons. The van der Waals surface area contributed by atoms with Gasteiger partial charge < -0.3 is 19.9 Å². The molecular weight excluding hydrogens is 274 g/mol. The zero-order chi connectivity index (χ0) is 15.2. The lowest BCUT2D eigenvalue weighted by Crippen LogP contribution is -2.32. The average molecular weight is 293 g/mol. The van der Waals surface area contributed by atoms with Crippen LogP contribution < -0.4 is 10.1 Å². The molecule has 2 unspecified atom stereocenters. The van der Waals surface area contributed by atoms with Crippen LogP contribution in [-0.2, 0) is 14.3 Å². The maximum atomic E-state index is 12.2. The van der Waals surface area contributed by atoms with Crippen molar-refractivity contribution in [3.63, 3.8) is 0 Å². The van der Waals surface area contributed by atoms with Gasteiger partial charge in [0.05, 0.1) is 6.10 Å². The SMILES string of the molecule is CC1CC(C(=O)Nc2cccc(OCC(=O)O)c2)CCO1. The standard InChI is InChI=1S/C15H19NO5/c1-10-7-11(5-6-20-10)15(19)16-12-3-2-4-13(8-12)21-9-14(17)18/h2-4,8,10-11H,5-7,9H2,1H3,(H,16,19)(H,17,18). The average Bonchev–Trinajstić information content (AvgIpc) is 2.45. The molecule has 0 saturated carbocycles. The van der Waals surface area contributed by atoms with Crippen molar-refractivity contribution in [2.45, 2.75) is 25.9 Å². The molecule has 1 aliphatic rings. The quantitative estimate of drug-likeness (QED) is 0.866. The number of hydrogen-bond donors (Lipinski definition) is 2. The third kappa shape index (κ3) is 4.75. The molecule has 1 aliphatic heterocycles. The second-order valence-corrected chi connectivity index (χ2v) is 5.10. The van der Waals surface area contributed by atoms with Crippen LogP contribution in [0.3, 0.4) is 0 Å². The van der Waals surface area contributed by atoms with Gasteiger partial charge in [0, 0.05) is 24.3 Å². The molecule has 0 aliphatic carbocycles. The van der Waals surface area contributed by atoms with Gasteiger partial charge in [-0.1, -0.05) is 6.07 Å². The largest absolute Gasteiger partial charge is 0.482 e. The fourth-order valence-electron chi connectivity index (χ4n) is 2.29. The summed E-state index contributed by atoms with van der Waals surface area (Å²) in [5, 5.41) is 11.4. The van der Waals surface area contributed by atoms with E-state index in [-0.39, 0.29) is 17.9 Å². The van der Waals surface area contributed by atoms with E-state index in [0.29, 0.717) is 30.9 Å². The molecule has 0 aromatic heterocycles. The predicted molar refractivity (Wildman–Crippen MR) is 76.3 cm³/mol. The molecule has 0 bridgehead atoms. The number of nitrogens with one attached hydrogen (secondary N) is 1. The number of carbonyl (C=O) groups excluding carboxylic acids is 1. The molecule has 114 valence electrons. The molecule has 2 N–H and O–H groups in total. The summed E-state index contributed by atoms with van der Waals surface area (Å²) in [6.45, 7) is 2.15. The van der Waals surface area contributed by atoms with Crippen LogP contribution in [0.15, 0.2) is 24.3 Å². The molecule has 1 aromatic carbocycles. The smallest absolute Gasteiger partial charge is 0.341 e. The van der Waals surface area contributed by atoms with Gasteiger partial charge in [0.1, 0.15) is 5.75 Å². The molecule has 1 aromatic rings. The van der Waals surface area contributed by atoms with Crippen molar-refractivity contribution in [3.05, 3.63) is 24.3 Å². The molecule has 21 heavy (non-hydrogen) atoms. The monoisotopic (exact) mass is 293 g/mol. The molecule has 1 fully saturated rings. The molecule has 2 atom stereocenters. The van der Waals surface area contributed by atoms with Gasteiger partial charge in [-0.15, -0.1) is 0 Å². The van der Waals surface area contributed by atoms with E-state index >= 15 is 0 Å². The van der Waals surface area contributed by atoms with E-state index in [0.717, 1.165) is 0 Å². The highest BCUT2D eigenvalue weighted by Gasteiger charge is 2.25. The van der Waals surface area contributed by atoms with Gasteiger partial charge in [0.2, 0.25) is 5.91 Å². The number of carboxylic acids is 1. The number of amides is 1. The molecule has 6 nitrogen and oxygen atoms in total. The van der Waals surface area contributed by atoms with Crippen LogP contribution in [0, 0.1) is 5.92 Å². The first-order chi connectivity index (χ1) is 10.0. The summed E-state index contributed by atoms with van der Waals surface area (Å²) in [7, 11) is 0. The normalized spacial score (nSPS) is 21.6. The Kier molecular flexibility index (Phi) is 5.16. The van der Waals surface area contributed by atoms with Crippen molar-refractivity contribution in [2.75, 3.05) is 18.5 Å². The Labute approximate surface area is 123 Å². The van der Waals surface area contributed by atoms with Gasteiger partial charge in [-0.2, -0.15) is 0 Å². The third-order valence-electron chi connectivity index (χ3n) is 3.32. The Balaban J connectivity index is 1.94. The summed E-state index contributed by atoms with van der Waals surface area (Å²) in [5.41, 5.74) is 0.599. The van der Waals surface area contributed by atoms with Gasteiger partial charge in [-0.3, -0.25) is 4.79 Å². The zero-order valence-corrected chi connectivity index (χ0v) is 11.9. The summed E-state index contributed by atoms with van der Waals surface area (Å²) < 4.78 is 10.5. The Morgan fingerprint density at radius 1 is 1.48 bits per heavy atom. The molecule has 1 amide bonds. The van der Waals surface area contributed by atoms with Crippen LogP contribution in [0.2, 0.25) is 0 Å². The van der Waals surface area contributed by atoms with Gasteiger partial charge in [0.25, 0.3) is 0 Å². The molecule has 2 rings (SSSR count). The van der Waals surface area contributed by atoms with Crippen LogP contribution in [0.5, 0.6) is 5.75 Å².